The lowest BCUT2D eigenvalue weighted by Crippen LogP contribution is -1.98. The second kappa shape index (κ2) is 3.67. The highest BCUT2D eigenvalue weighted by Gasteiger charge is 2.04. The molecular formula is C8H6BrClN4. The molecule has 0 bridgehead atoms. The normalized spacial score (nSPS) is 10.5. The smallest absolute Gasteiger partial charge is 0.236 e. The maximum Gasteiger partial charge on any atom is 0.236 e. The first kappa shape index (κ1) is 9.61. The van der Waals surface area contributed by atoms with Gasteiger partial charge in [-0.3, -0.25) is 4.57 Å². The Hall–Kier alpha value is -0.940. The third kappa shape index (κ3) is 1.78. The Morgan fingerprint density at radius 3 is 2.79 bits per heavy atom. The van der Waals surface area contributed by atoms with Gasteiger partial charge in [-0.2, -0.15) is 4.98 Å². The summed E-state index contributed by atoms with van der Waals surface area (Å²) in [5, 5.41) is 0.390. The van der Waals surface area contributed by atoms with Crippen molar-refractivity contribution in [2.45, 2.75) is 6.92 Å². The summed E-state index contributed by atoms with van der Waals surface area (Å²) in [5.74, 6) is 0.513. The predicted molar refractivity (Wildman–Crippen MR) is 56.6 cm³/mol. The molecule has 2 heterocycles. The fourth-order valence-corrected chi connectivity index (χ4v) is 1.31. The van der Waals surface area contributed by atoms with Gasteiger partial charge in [-0.25, -0.2) is 9.97 Å². The zero-order valence-corrected chi connectivity index (χ0v) is 9.62. The van der Waals surface area contributed by atoms with Gasteiger partial charge in [0.1, 0.15) is 11.5 Å². The molecule has 0 radical (unpaired) electrons. The van der Waals surface area contributed by atoms with E-state index in [1.807, 2.05) is 13.1 Å². The third-order valence-electron chi connectivity index (χ3n) is 1.63. The van der Waals surface area contributed by atoms with Crippen molar-refractivity contribution in [2.24, 2.45) is 0 Å². The number of halogens is 2. The van der Waals surface area contributed by atoms with Crippen molar-refractivity contribution in [1.29, 1.82) is 0 Å². The molecule has 72 valence electrons. The van der Waals surface area contributed by atoms with Crippen LogP contribution < -0.4 is 0 Å². The summed E-state index contributed by atoms with van der Waals surface area (Å²) in [6.45, 7) is 1.90. The predicted octanol–water partition coefficient (Wildman–Crippen LogP) is 2.39. The van der Waals surface area contributed by atoms with Crippen LogP contribution in [0.3, 0.4) is 0 Å². The number of hydrogen-bond acceptors (Lipinski definition) is 3. The van der Waals surface area contributed by atoms with E-state index in [2.05, 4.69) is 30.9 Å². The van der Waals surface area contributed by atoms with E-state index in [0.717, 1.165) is 5.69 Å². The topological polar surface area (TPSA) is 43.6 Å². The van der Waals surface area contributed by atoms with Crippen LogP contribution in [0.1, 0.15) is 5.69 Å². The molecular weight excluding hydrogens is 267 g/mol. The lowest BCUT2D eigenvalue weighted by Gasteiger charge is -2.00. The minimum absolute atomic E-state index is 0.390. The van der Waals surface area contributed by atoms with E-state index in [9.17, 15) is 0 Å². The van der Waals surface area contributed by atoms with Crippen LogP contribution in [0, 0.1) is 6.92 Å². The number of hydrogen-bond donors (Lipinski definition) is 0. The Morgan fingerprint density at radius 1 is 1.43 bits per heavy atom. The Labute approximate surface area is 94.1 Å². The molecule has 0 aliphatic heterocycles. The van der Waals surface area contributed by atoms with E-state index in [1.165, 1.54) is 0 Å². The van der Waals surface area contributed by atoms with E-state index in [0.29, 0.717) is 15.6 Å². The Bertz CT molecular complexity index is 468. The van der Waals surface area contributed by atoms with Gasteiger partial charge in [0.25, 0.3) is 0 Å². The highest BCUT2D eigenvalue weighted by molar-refractivity contribution is 9.10. The summed E-state index contributed by atoms with van der Waals surface area (Å²) in [4.78, 5) is 12.3. The van der Waals surface area contributed by atoms with Crippen molar-refractivity contribution in [3.8, 4) is 5.95 Å². The van der Waals surface area contributed by atoms with E-state index in [1.54, 1.807) is 17.1 Å². The summed E-state index contributed by atoms with van der Waals surface area (Å²) in [6, 6.07) is 0. The fourth-order valence-electron chi connectivity index (χ4n) is 0.993. The molecule has 0 saturated heterocycles. The molecule has 2 rings (SSSR count). The van der Waals surface area contributed by atoms with Crippen LogP contribution >= 0.6 is 27.5 Å². The van der Waals surface area contributed by atoms with Crippen LogP contribution in [0.25, 0.3) is 5.95 Å². The molecule has 2 aromatic heterocycles. The Balaban J connectivity index is 2.47. The van der Waals surface area contributed by atoms with Gasteiger partial charge in [0.2, 0.25) is 5.95 Å². The average molecular weight is 274 g/mol. The third-order valence-corrected chi connectivity index (χ3v) is 2.73. The van der Waals surface area contributed by atoms with Crippen LogP contribution in [0.5, 0.6) is 0 Å². The molecule has 6 heteroatoms. The molecule has 14 heavy (non-hydrogen) atoms. The fraction of sp³-hybridized carbons (Fsp3) is 0.125. The quantitative estimate of drug-likeness (QED) is 0.749. The molecule has 4 nitrogen and oxygen atoms in total. The van der Waals surface area contributed by atoms with Crippen molar-refractivity contribution in [2.75, 3.05) is 0 Å². The molecule has 0 spiro atoms. The second-order valence-corrected chi connectivity index (χ2v) is 3.94. The first-order valence-corrected chi connectivity index (χ1v) is 5.03. The van der Waals surface area contributed by atoms with Crippen LogP contribution in [0.4, 0.5) is 0 Å². The number of imidazole rings is 1. The van der Waals surface area contributed by atoms with Gasteiger partial charge < -0.3 is 0 Å². The van der Waals surface area contributed by atoms with E-state index < -0.39 is 0 Å². The van der Waals surface area contributed by atoms with Crippen molar-refractivity contribution >= 4 is 27.5 Å². The lowest BCUT2D eigenvalue weighted by molar-refractivity contribution is 0.921. The van der Waals surface area contributed by atoms with E-state index in [-0.39, 0.29) is 0 Å². The molecule has 0 aliphatic carbocycles. The summed E-state index contributed by atoms with van der Waals surface area (Å²) in [7, 11) is 0. The van der Waals surface area contributed by atoms with Crippen LogP contribution in [0.15, 0.2) is 23.2 Å². The van der Waals surface area contributed by atoms with Crippen LogP contribution in [-0.4, -0.2) is 19.5 Å². The van der Waals surface area contributed by atoms with Gasteiger partial charge in [-0.15, -0.1) is 0 Å². The molecule has 0 amide bonds. The number of nitrogens with zero attached hydrogens (tertiary/aromatic N) is 4. The van der Waals surface area contributed by atoms with Crippen molar-refractivity contribution in [3.63, 3.8) is 0 Å². The minimum Gasteiger partial charge on any atom is -0.274 e. The highest BCUT2D eigenvalue weighted by Crippen LogP contribution is 2.19. The maximum absolute atomic E-state index is 5.84. The zero-order chi connectivity index (χ0) is 10.1. The standard InChI is InChI=1S/C8H6BrClN4/c1-5-3-14(4-12-5)8-11-2-6(9)7(10)13-8/h2-4H,1H3. The Kier molecular flexibility index (Phi) is 2.52. The van der Waals surface area contributed by atoms with Gasteiger partial charge in [0, 0.05) is 12.4 Å². The highest BCUT2D eigenvalue weighted by atomic mass is 79.9. The molecule has 2 aromatic rings. The SMILES string of the molecule is Cc1cn(-c2ncc(Br)c(Cl)n2)cn1. The van der Waals surface area contributed by atoms with Gasteiger partial charge in [-0.1, -0.05) is 11.6 Å². The molecule has 0 atom stereocenters. The number of aryl methyl sites for hydroxylation is 1. The van der Waals surface area contributed by atoms with Gasteiger partial charge in [0.05, 0.1) is 10.2 Å². The Morgan fingerprint density at radius 2 is 2.21 bits per heavy atom. The molecule has 0 unspecified atom stereocenters. The minimum atomic E-state index is 0.390. The van der Waals surface area contributed by atoms with Gasteiger partial charge in [-0.05, 0) is 22.9 Å². The monoisotopic (exact) mass is 272 g/mol. The molecule has 0 saturated carbocycles. The summed E-state index contributed by atoms with van der Waals surface area (Å²) < 4.78 is 2.40. The van der Waals surface area contributed by atoms with Gasteiger partial charge in [0.15, 0.2) is 0 Å². The second-order valence-electron chi connectivity index (χ2n) is 2.73. The summed E-state index contributed by atoms with van der Waals surface area (Å²) >= 11 is 9.06. The average Bonchev–Trinajstić information content (AvgIpc) is 2.57. The summed E-state index contributed by atoms with van der Waals surface area (Å²) in [5.41, 5.74) is 0.910. The molecule has 0 aromatic carbocycles. The van der Waals surface area contributed by atoms with E-state index >= 15 is 0 Å². The van der Waals surface area contributed by atoms with Gasteiger partial charge >= 0.3 is 0 Å². The first-order chi connectivity index (χ1) is 6.66. The summed E-state index contributed by atoms with van der Waals surface area (Å²) in [6.07, 6.45) is 5.09. The largest absolute Gasteiger partial charge is 0.274 e. The van der Waals surface area contributed by atoms with Crippen molar-refractivity contribution in [1.82, 2.24) is 19.5 Å². The first-order valence-electron chi connectivity index (χ1n) is 3.86. The zero-order valence-electron chi connectivity index (χ0n) is 7.28. The van der Waals surface area contributed by atoms with Crippen molar-refractivity contribution < 1.29 is 0 Å². The molecule has 0 fully saturated rings. The van der Waals surface area contributed by atoms with E-state index in [4.69, 9.17) is 11.6 Å². The number of rotatable bonds is 1. The van der Waals surface area contributed by atoms with Crippen molar-refractivity contribution in [3.05, 3.63) is 34.0 Å². The van der Waals surface area contributed by atoms with Crippen LogP contribution in [-0.2, 0) is 0 Å². The number of aromatic nitrogens is 4. The lowest BCUT2D eigenvalue weighted by atomic mass is 10.6. The molecule has 0 aliphatic rings. The maximum atomic E-state index is 5.84. The van der Waals surface area contributed by atoms with Crippen LogP contribution in [0.2, 0.25) is 5.15 Å². The molecule has 0 N–H and O–H groups in total.